The Morgan fingerprint density at radius 3 is 2.11 bits per heavy atom. The molecule has 2 saturated heterocycles. The van der Waals surface area contributed by atoms with Gasteiger partial charge in [0.15, 0.2) is 11.4 Å². The normalized spacial score (nSPS) is 72.1. The molecule has 2 aliphatic heterocycles. The Morgan fingerprint density at radius 2 is 1.57 bits per heavy atom. The summed E-state index contributed by atoms with van der Waals surface area (Å²) < 4.78 is 6.05. The van der Waals surface area contributed by atoms with Crippen LogP contribution >= 0.6 is 0 Å². The molecule has 28 heavy (non-hydrogen) atoms. The lowest BCUT2D eigenvalue weighted by Crippen LogP contribution is -2.75. The third-order valence-corrected chi connectivity index (χ3v) is 10.3. The van der Waals surface area contributed by atoms with Gasteiger partial charge < -0.3 is 40.5 Å². The van der Waals surface area contributed by atoms with E-state index in [2.05, 4.69) is 0 Å². The number of aliphatic hydroxyl groups is 7. The van der Waals surface area contributed by atoms with Gasteiger partial charge in [0, 0.05) is 11.8 Å². The Labute approximate surface area is 163 Å². The second kappa shape index (κ2) is 4.34. The molecule has 0 aromatic carbocycles. The van der Waals surface area contributed by atoms with Crippen molar-refractivity contribution in [3.63, 3.8) is 0 Å². The van der Waals surface area contributed by atoms with Gasteiger partial charge in [-0.15, -0.1) is 0 Å². The van der Waals surface area contributed by atoms with E-state index >= 15 is 0 Å². The molecule has 2 heterocycles. The van der Waals surface area contributed by atoms with Crippen LogP contribution in [0, 0.1) is 22.7 Å². The van der Waals surface area contributed by atoms with Crippen LogP contribution in [0.25, 0.3) is 0 Å². The molecule has 6 bridgehead atoms. The molecule has 0 aromatic heterocycles. The van der Waals surface area contributed by atoms with E-state index in [1.54, 1.807) is 20.8 Å². The summed E-state index contributed by atoms with van der Waals surface area (Å²) in [6.07, 6.45) is -3.04. The zero-order valence-electron chi connectivity index (χ0n) is 17.0. The van der Waals surface area contributed by atoms with Gasteiger partial charge in [0.25, 0.3) is 0 Å². The molecule has 11 atom stereocenters. The average Bonchev–Trinajstić information content (AvgIpc) is 2.84. The molecule has 6 fully saturated rings. The first kappa shape index (κ1) is 19.6. The monoisotopic (exact) mass is 400 g/mol. The van der Waals surface area contributed by atoms with Crippen LogP contribution in [-0.4, -0.2) is 81.7 Å². The molecule has 4 saturated carbocycles. The fraction of sp³-hybridized carbons (Fsp3) is 1.00. The Hall–Kier alpha value is -0.320. The van der Waals surface area contributed by atoms with Crippen molar-refractivity contribution in [2.75, 3.05) is 0 Å². The zero-order chi connectivity index (χ0) is 21.1. The first-order chi connectivity index (χ1) is 12.6. The molecular formula is C20H32O8. The van der Waals surface area contributed by atoms with Gasteiger partial charge in [0.05, 0.1) is 11.5 Å². The predicted octanol–water partition coefficient (Wildman–Crippen LogP) is -1.38. The lowest BCUT2D eigenvalue weighted by atomic mass is 9.52. The largest absolute Gasteiger partial charge is 0.390 e. The highest BCUT2D eigenvalue weighted by molar-refractivity contribution is 5.56. The van der Waals surface area contributed by atoms with Crippen LogP contribution in [0.2, 0.25) is 0 Å². The summed E-state index contributed by atoms with van der Waals surface area (Å²) in [5.41, 5.74) is -14.7. The van der Waals surface area contributed by atoms with Crippen LogP contribution in [0.15, 0.2) is 0 Å². The Morgan fingerprint density at radius 1 is 1.00 bits per heavy atom. The van der Waals surface area contributed by atoms with Gasteiger partial charge in [0.1, 0.15) is 28.5 Å². The molecule has 6 unspecified atom stereocenters. The molecule has 8 heteroatoms. The summed E-state index contributed by atoms with van der Waals surface area (Å²) in [4.78, 5) is 0. The summed E-state index contributed by atoms with van der Waals surface area (Å²) in [5.74, 6) is -3.24. The molecule has 4 aliphatic carbocycles. The number of aliphatic hydroxyl groups excluding tert-OH is 2. The van der Waals surface area contributed by atoms with Crippen LogP contribution < -0.4 is 0 Å². The molecular weight excluding hydrogens is 368 g/mol. The fourth-order valence-corrected chi connectivity index (χ4v) is 8.80. The minimum Gasteiger partial charge on any atom is -0.390 e. The maximum atomic E-state index is 12.3. The van der Waals surface area contributed by atoms with Gasteiger partial charge in [-0.2, -0.15) is 0 Å². The molecule has 160 valence electrons. The molecule has 6 aliphatic rings. The number of rotatable bonds is 1. The SMILES string of the molecule is CC1CC[C@@]2(O)C3(O[C@@]4(O)C[C@]2(C)[C@]2(O)[C@H](O)C(O)(C(C)C)C4(C)C32O)C1O. The lowest BCUT2D eigenvalue weighted by Gasteiger charge is -2.60. The van der Waals surface area contributed by atoms with Crippen LogP contribution in [-0.2, 0) is 4.74 Å². The molecule has 6 rings (SSSR count). The predicted molar refractivity (Wildman–Crippen MR) is 94.6 cm³/mol. The Balaban J connectivity index is 1.97. The third-order valence-electron chi connectivity index (χ3n) is 10.3. The highest BCUT2D eigenvalue weighted by Crippen LogP contribution is 2.90. The highest BCUT2D eigenvalue weighted by Gasteiger charge is 3.09. The van der Waals surface area contributed by atoms with Crippen molar-refractivity contribution >= 4 is 0 Å². The maximum absolute atomic E-state index is 12.3. The quantitative estimate of drug-likeness (QED) is 0.285. The van der Waals surface area contributed by atoms with Crippen LogP contribution in [0.3, 0.4) is 0 Å². The maximum Gasteiger partial charge on any atom is 0.178 e. The topological polar surface area (TPSA) is 151 Å². The summed E-state index contributed by atoms with van der Waals surface area (Å²) in [7, 11) is 0. The zero-order valence-corrected chi connectivity index (χ0v) is 17.0. The van der Waals surface area contributed by atoms with E-state index in [-0.39, 0.29) is 12.8 Å². The van der Waals surface area contributed by atoms with Gasteiger partial charge >= 0.3 is 0 Å². The molecule has 1 spiro atoms. The van der Waals surface area contributed by atoms with Gasteiger partial charge in [0.2, 0.25) is 0 Å². The average molecular weight is 400 g/mol. The van der Waals surface area contributed by atoms with E-state index in [9.17, 15) is 35.7 Å². The number of hydrogen-bond donors (Lipinski definition) is 7. The summed E-state index contributed by atoms with van der Waals surface area (Å²) in [6.45, 7) is 7.90. The van der Waals surface area contributed by atoms with Crippen molar-refractivity contribution in [2.45, 2.75) is 99.9 Å². The van der Waals surface area contributed by atoms with E-state index in [4.69, 9.17) is 4.74 Å². The van der Waals surface area contributed by atoms with Gasteiger partial charge in [-0.1, -0.05) is 27.7 Å². The molecule has 7 N–H and O–H groups in total. The van der Waals surface area contributed by atoms with Crippen molar-refractivity contribution in [3.8, 4) is 0 Å². The second-order valence-electron chi connectivity index (χ2n) is 10.9. The van der Waals surface area contributed by atoms with Crippen molar-refractivity contribution in [1.29, 1.82) is 0 Å². The van der Waals surface area contributed by atoms with Crippen molar-refractivity contribution < 1.29 is 40.5 Å². The van der Waals surface area contributed by atoms with Crippen LogP contribution in [0.5, 0.6) is 0 Å². The summed E-state index contributed by atoms with van der Waals surface area (Å²) in [6, 6.07) is 0. The molecule has 8 nitrogen and oxygen atoms in total. The van der Waals surface area contributed by atoms with E-state index < -0.39 is 68.7 Å². The molecule has 0 amide bonds. The van der Waals surface area contributed by atoms with E-state index in [1.165, 1.54) is 13.8 Å². The standard InChI is InChI=1S/C20H32O8/c1-9(2)17(25)12(22)18(26)13(4)8-16(24)14(17,5)20(18,27)19(28-16)11(21)10(3)6-7-15(13,19)23/h9-12,21-27H,6-8H2,1-5H3/t10?,11?,12-,13+,14?,15+,16+,17?,18-,19?,20?/m1/s1. The van der Waals surface area contributed by atoms with Crippen molar-refractivity contribution in [1.82, 2.24) is 0 Å². The smallest absolute Gasteiger partial charge is 0.178 e. The summed E-state index contributed by atoms with van der Waals surface area (Å²) >= 11 is 0. The number of ether oxygens (including phenoxy) is 1. The third kappa shape index (κ3) is 1.13. The second-order valence-corrected chi connectivity index (χ2v) is 10.9. The van der Waals surface area contributed by atoms with E-state index in [0.29, 0.717) is 6.42 Å². The first-order valence-electron chi connectivity index (χ1n) is 10.2. The minimum atomic E-state index is -2.49. The van der Waals surface area contributed by atoms with Gasteiger partial charge in [-0.25, -0.2) is 0 Å². The van der Waals surface area contributed by atoms with Crippen LogP contribution in [0.1, 0.15) is 53.9 Å². The van der Waals surface area contributed by atoms with Crippen LogP contribution in [0.4, 0.5) is 0 Å². The van der Waals surface area contributed by atoms with Crippen molar-refractivity contribution in [3.05, 3.63) is 0 Å². The van der Waals surface area contributed by atoms with Crippen molar-refractivity contribution in [2.24, 2.45) is 22.7 Å². The number of hydrogen-bond acceptors (Lipinski definition) is 8. The summed E-state index contributed by atoms with van der Waals surface area (Å²) in [5, 5.41) is 82.3. The van der Waals surface area contributed by atoms with Gasteiger partial charge in [-0.05, 0) is 31.6 Å². The fourth-order valence-electron chi connectivity index (χ4n) is 8.80. The van der Waals surface area contributed by atoms with Gasteiger partial charge in [-0.3, -0.25) is 0 Å². The Bertz CT molecular complexity index is 790. The van der Waals surface area contributed by atoms with E-state index in [0.717, 1.165) is 0 Å². The molecule has 0 aromatic rings. The highest BCUT2D eigenvalue weighted by atomic mass is 16.7. The minimum absolute atomic E-state index is 0.116. The molecule has 0 radical (unpaired) electrons. The Kier molecular flexibility index (Phi) is 3.04. The lowest BCUT2D eigenvalue weighted by molar-refractivity contribution is -0.390. The first-order valence-corrected chi connectivity index (χ1v) is 10.2. The van der Waals surface area contributed by atoms with E-state index in [1.807, 2.05) is 0 Å².